The van der Waals surface area contributed by atoms with Gasteiger partial charge in [0, 0.05) is 12.1 Å². The third kappa shape index (κ3) is 3.96. The van der Waals surface area contributed by atoms with Crippen LogP contribution in [0.25, 0.3) is 11.1 Å². The first kappa shape index (κ1) is 15.8. The van der Waals surface area contributed by atoms with E-state index in [0.717, 1.165) is 24.1 Å². The second kappa shape index (κ2) is 7.43. The first-order valence-corrected chi connectivity index (χ1v) is 7.36. The summed E-state index contributed by atoms with van der Waals surface area (Å²) in [5.74, 6) is 0.407. The number of benzene rings is 2. The zero-order chi connectivity index (χ0) is 15.2. The van der Waals surface area contributed by atoms with Crippen molar-refractivity contribution in [1.82, 2.24) is 5.32 Å². The lowest BCUT2D eigenvalue weighted by Gasteiger charge is -2.09. The van der Waals surface area contributed by atoms with Crippen LogP contribution in [-0.4, -0.2) is 13.7 Å². The highest BCUT2D eigenvalue weighted by molar-refractivity contribution is 6.32. The molecule has 0 amide bonds. The van der Waals surface area contributed by atoms with E-state index in [1.807, 2.05) is 18.2 Å². The van der Waals surface area contributed by atoms with Gasteiger partial charge in [0.1, 0.15) is 11.6 Å². The predicted molar refractivity (Wildman–Crippen MR) is 85.4 cm³/mol. The lowest BCUT2D eigenvalue weighted by atomic mass is 10.0. The summed E-state index contributed by atoms with van der Waals surface area (Å²) in [6.45, 7) is 3.51. The molecule has 0 aromatic heterocycles. The van der Waals surface area contributed by atoms with Crippen molar-refractivity contribution in [3.05, 3.63) is 52.8 Å². The average molecular weight is 308 g/mol. The van der Waals surface area contributed by atoms with Crippen LogP contribution in [0.1, 0.15) is 18.9 Å². The maximum Gasteiger partial charge on any atom is 0.137 e. The van der Waals surface area contributed by atoms with Crippen LogP contribution in [-0.2, 0) is 6.54 Å². The highest BCUT2D eigenvalue weighted by atomic mass is 35.5. The second-order valence-corrected chi connectivity index (χ2v) is 5.24. The molecule has 0 atom stereocenters. The highest BCUT2D eigenvalue weighted by Gasteiger charge is 2.07. The van der Waals surface area contributed by atoms with Crippen molar-refractivity contribution in [2.75, 3.05) is 13.7 Å². The molecule has 0 saturated carbocycles. The van der Waals surface area contributed by atoms with Gasteiger partial charge in [0.25, 0.3) is 0 Å². The zero-order valence-electron chi connectivity index (χ0n) is 12.2. The standard InChI is InChI=1S/C17H19ClFNO/c1-3-8-20-11-14-5-4-13(10-16(14)19)12-6-7-17(21-2)15(18)9-12/h4-7,9-10,20H,3,8,11H2,1-2H3. The van der Waals surface area contributed by atoms with Gasteiger partial charge >= 0.3 is 0 Å². The molecule has 4 heteroatoms. The number of rotatable bonds is 6. The Morgan fingerprint density at radius 2 is 1.86 bits per heavy atom. The Morgan fingerprint density at radius 3 is 2.48 bits per heavy atom. The van der Waals surface area contributed by atoms with E-state index in [0.29, 0.717) is 22.9 Å². The van der Waals surface area contributed by atoms with Gasteiger partial charge in [-0.05, 0) is 42.3 Å². The maximum absolute atomic E-state index is 14.1. The van der Waals surface area contributed by atoms with Gasteiger partial charge in [-0.3, -0.25) is 0 Å². The van der Waals surface area contributed by atoms with Gasteiger partial charge in [0.15, 0.2) is 0 Å². The van der Waals surface area contributed by atoms with Crippen molar-refractivity contribution >= 4 is 11.6 Å². The number of methoxy groups -OCH3 is 1. The van der Waals surface area contributed by atoms with E-state index in [-0.39, 0.29) is 5.82 Å². The smallest absolute Gasteiger partial charge is 0.137 e. The van der Waals surface area contributed by atoms with Crippen molar-refractivity contribution in [3.63, 3.8) is 0 Å². The molecule has 0 saturated heterocycles. The molecule has 2 aromatic rings. The Kier molecular flexibility index (Phi) is 5.59. The lowest BCUT2D eigenvalue weighted by Crippen LogP contribution is -2.14. The summed E-state index contributed by atoms with van der Waals surface area (Å²) in [7, 11) is 1.57. The number of nitrogens with one attached hydrogen (secondary N) is 1. The van der Waals surface area contributed by atoms with Crippen LogP contribution in [0.2, 0.25) is 5.02 Å². The fourth-order valence-corrected chi connectivity index (χ4v) is 2.37. The van der Waals surface area contributed by atoms with Crippen LogP contribution in [0, 0.1) is 5.82 Å². The molecule has 2 aromatic carbocycles. The Morgan fingerprint density at radius 1 is 1.14 bits per heavy atom. The van der Waals surface area contributed by atoms with Crippen LogP contribution in [0.3, 0.4) is 0 Å². The quantitative estimate of drug-likeness (QED) is 0.784. The van der Waals surface area contributed by atoms with Crippen molar-refractivity contribution in [1.29, 1.82) is 0 Å². The molecule has 0 unspecified atom stereocenters. The molecule has 0 spiro atoms. The van der Waals surface area contributed by atoms with Crippen molar-refractivity contribution in [2.45, 2.75) is 19.9 Å². The maximum atomic E-state index is 14.1. The second-order valence-electron chi connectivity index (χ2n) is 4.83. The Labute approximate surface area is 129 Å². The molecule has 0 aliphatic carbocycles. The summed E-state index contributed by atoms with van der Waals surface area (Å²) in [6.07, 6.45) is 1.03. The molecule has 112 valence electrons. The number of hydrogen-bond donors (Lipinski definition) is 1. The van der Waals surface area contributed by atoms with Crippen molar-refractivity contribution in [3.8, 4) is 16.9 Å². The summed E-state index contributed by atoms with van der Waals surface area (Å²) < 4.78 is 19.2. The van der Waals surface area contributed by atoms with Crippen LogP contribution in [0.4, 0.5) is 4.39 Å². The molecule has 2 nitrogen and oxygen atoms in total. The largest absolute Gasteiger partial charge is 0.495 e. The molecule has 1 N–H and O–H groups in total. The zero-order valence-corrected chi connectivity index (χ0v) is 13.0. The van der Waals surface area contributed by atoms with Crippen LogP contribution in [0.15, 0.2) is 36.4 Å². The van der Waals surface area contributed by atoms with Gasteiger partial charge < -0.3 is 10.1 Å². The fourth-order valence-electron chi connectivity index (χ4n) is 2.12. The van der Waals surface area contributed by atoms with Gasteiger partial charge in [-0.2, -0.15) is 0 Å². The fraction of sp³-hybridized carbons (Fsp3) is 0.294. The topological polar surface area (TPSA) is 21.3 Å². The summed E-state index contributed by atoms with van der Waals surface area (Å²) in [5, 5.41) is 3.72. The van der Waals surface area contributed by atoms with Crippen molar-refractivity contribution in [2.24, 2.45) is 0 Å². The Hall–Kier alpha value is -1.58. The molecular formula is C17H19ClFNO. The van der Waals surface area contributed by atoms with E-state index >= 15 is 0 Å². The van der Waals surface area contributed by atoms with Gasteiger partial charge in [0.2, 0.25) is 0 Å². The monoisotopic (exact) mass is 307 g/mol. The summed E-state index contributed by atoms with van der Waals surface area (Å²) in [4.78, 5) is 0. The SMILES string of the molecule is CCCNCc1ccc(-c2ccc(OC)c(Cl)c2)cc1F. The summed E-state index contributed by atoms with van der Waals surface area (Å²) in [5.41, 5.74) is 2.34. The van der Waals surface area contributed by atoms with Crippen LogP contribution in [0.5, 0.6) is 5.75 Å². The van der Waals surface area contributed by atoms with E-state index in [4.69, 9.17) is 16.3 Å². The van der Waals surface area contributed by atoms with Crippen LogP contribution < -0.4 is 10.1 Å². The Balaban J connectivity index is 2.21. The molecule has 0 heterocycles. The molecule has 21 heavy (non-hydrogen) atoms. The molecule has 0 aliphatic rings. The minimum atomic E-state index is -0.206. The van der Waals surface area contributed by atoms with Crippen molar-refractivity contribution < 1.29 is 9.13 Å². The normalized spacial score (nSPS) is 10.7. The minimum Gasteiger partial charge on any atom is -0.495 e. The lowest BCUT2D eigenvalue weighted by molar-refractivity contribution is 0.415. The van der Waals surface area contributed by atoms with E-state index in [2.05, 4.69) is 12.2 Å². The van der Waals surface area contributed by atoms with E-state index in [1.54, 1.807) is 25.3 Å². The molecule has 0 bridgehead atoms. The minimum absolute atomic E-state index is 0.206. The number of hydrogen-bond acceptors (Lipinski definition) is 2. The Bertz CT molecular complexity index is 616. The van der Waals surface area contributed by atoms with Gasteiger partial charge in [-0.15, -0.1) is 0 Å². The predicted octanol–water partition coefficient (Wildman–Crippen LogP) is 4.65. The van der Waals surface area contributed by atoms with Gasteiger partial charge in [-0.1, -0.05) is 36.7 Å². The van der Waals surface area contributed by atoms with E-state index in [9.17, 15) is 4.39 Å². The third-order valence-corrected chi connectivity index (χ3v) is 3.58. The molecule has 0 fully saturated rings. The summed E-state index contributed by atoms with van der Waals surface area (Å²) >= 11 is 6.11. The van der Waals surface area contributed by atoms with E-state index in [1.165, 1.54) is 0 Å². The molecule has 0 radical (unpaired) electrons. The molecular weight excluding hydrogens is 289 g/mol. The first-order valence-electron chi connectivity index (χ1n) is 6.98. The van der Waals surface area contributed by atoms with Gasteiger partial charge in [-0.25, -0.2) is 4.39 Å². The molecule has 2 rings (SSSR count). The van der Waals surface area contributed by atoms with Crippen LogP contribution >= 0.6 is 11.6 Å². The highest BCUT2D eigenvalue weighted by Crippen LogP contribution is 2.30. The first-order chi connectivity index (χ1) is 10.2. The average Bonchev–Trinajstić information content (AvgIpc) is 2.49. The number of halogens is 2. The van der Waals surface area contributed by atoms with Gasteiger partial charge in [0.05, 0.1) is 12.1 Å². The van der Waals surface area contributed by atoms with E-state index < -0.39 is 0 Å². The molecule has 0 aliphatic heterocycles. The number of ether oxygens (including phenoxy) is 1. The third-order valence-electron chi connectivity index (χ3n) is 3.28. The summed E-state index contributed by atoms with van der Waals surface area (Å²) in [6, 6.07) is 10.7.